The number of aryl methyl sites for hydroxylation is 1. The summed E-state index contributed by atoms with van der Waals surface area (Å²) in [4.78, 5) is 0. The van der Waals surface area contributed by atoms with Crippen molar-refractivity contribution in [2.75, 3.05) is 0 Å². The summed E-state index contributed by atoms with van der Waals surface area (Å²) in [6.07, 6.45) is 0.900. The minimum Gasteiger partial charge on any atom is -0.386 e. The quantitative estimate of drug-likeness (QED) is 0.233. The maximum absolute atomic E-state index is 14.1. The molecule has 0 aromatic heterocycles. The topological polar surface area (TPSA) is 44.8 Å². The molecule has 0 aliphatic heterocycles. The summed E-state index contributed by atoms with van der Waals surface area (Å²) >= 11 is 0. The first-order valence-corrected chi connectivity index (χ1v) is 12.3. The largest absolute Gasteiger partial charge is 0.647 e. The molecule has 0 unspecified atom stereocenters. The Kier molecular flexibility index (Phi) is 5.77. The van der Waals surface area contributed by atoms with Crippen molar-refractivity contribution in [1.82, 2.24) is 0 Å². The van der Waals surface area contributed by atoms with Gasteiger partial charge in [0.05, 0.1) is 0 Å². The summed E-state index contributed by atoms with van der Waals surface area (Å²) in [5.74, 6) is 1.28. The van der Waals surface area contributed by atoms with Gasteiger partial charge in [-0.2, -0.15) is 4.57 Å². The Balaban J connectivity index is 1.56. The van der Waals surface area contributed by atoms with E-state index in [-0.39, 0.29) is 0 Å². The second kappa shape index (κ2) is 9.01. The van der Waals surface area contributed by atoms with Crippen LogP contribution in [0.2, 0.25) is 0 Å². The van der Waals surface area contributed by atoms with Crippen molar-refractivity contribution in [1.29, 1.82) is 0 Å². The number of rotatable bonds is 7. The molecule has 33 heavy (non-hydrogen) atoms. The Bertz CT molecular complexity index is 1360. The van der Waals surface area contributed by atoms with Gasteiger partial charge in [-0.3, -0.25) is 0 Å². The van der Waals surface area contributed by atoms with Gasteiger partial charge in [-0.1, -0.05) is 91.9 Å². The van der Waals surface area contributed by atoms with Crippen LogP contribution in [-0.4, -0.2) is 0 Å². The molecule has 5 aromatic carbocycles. The number of hydrogen-bond acceptors (Lipinski definition) is 4. The predicted molar refractivity (Wildman–Crippen MR) is 133 cm³/mol. The highest BCUT2D eigenvalue weighted by Gasteiger charge is 2.34. The van der Waals surface area contributed by atoms with E-state index >= 15 is 0 Å². The van der Waals surface area contributed by atoms with Crippen molar-refractivity contribution in [3.63, 3.8) is 0 Å². The van der Waals surface area contributed by atoms with E-state index in [1.54, 1.807) is 24.3 Å². The number of phosphoric acid groups is 1. The molecule has 0 atom stereocenters. The van der Waals surface area contributed by atoms with E-state index in [1.165, 1.54) is 0 Å². The van der Waals surface area contributed by atoms with Crippen molar-refractivity contribution >= 4 is 29.4 Å². The van der Waals surface area contributed by atoms with Gasteiger partial charge in [0.2, 0.25) is 0 Å². The first-order valence-electron chi connectivity index (χ1n) is 10.9. The Morgan fingerprint density at radius 1 is 0.576 bits per heavy atom. The molecule has 0 radical (unpaired) electrons. The molecule has 4 nitrogen and oxygen atoms in total. The van der Waals surface area contributed by atoms with E-state index in [9.17, 15) is 4.57 Å². The predicted octanol–water partition coefficient (Wildman–Crippen LogP) is 8.20. The van der Waals surface area contributed by atoms with Crippen LogP contribution >= 0.6 is 7.82 Å². The third kappa shape index (κ3) is 4.57. The molecule has 0 N–H and O–H groups in total. The van der Waals surface area contributed by atoms with Crippen molar-refractivity contribution in [2.24, 2.45) is 0 Å². The molecule has 5 rings (SSSR count). The molecule has 0 saturated carbocycles. The van der Waals surface area contributed by atoms with Crippen molar-refractivity contribution < 1.29 is 18.1 Å². The zero-order chi connectivity index (χ0) is 22.7. The van der Waals surface area contributed by atoms with E-state index in [1.807, 2.05) is 84.9 Å². The van der Waals surface area contributed by atoms with Crippen LogP contribution < -0.4 is 13.6 Å². The van der Waals surface area contributed by atoms with Crippen LogP contribution in [0.15, 0.2) is 109 Å². The van der Waals surface area contributed by atoms with Crippen LogP contribution in [0.25, 0.3) is 21.5 Å². The lowest BCUT2D eigenvalue weighted by Gasteiger charge is -2.21. The molecule has 0 spiro atoms. The number of phosphoric ester groups is 1. The normalized spacial score (nSPS) is 11.4. The van der Waals surface area contributed by atoms with Gasteiger partial charge >= 0.3 is 7.82 Å². The Hall–Kier alpha value is -3.75. The Labute approximate surface area is 193 Å². The average molecular weight is 454 g/mol. The van der Waals surface area contributed by atoms with Gasteiger partial charge in [0, 0.05) is 10.8 Å². The first-order chi connectivity index (χ1) is 16.1. The highest BCUT2D eigenvalue weighted by atomic mass is 31.2. The zero-order valence-corrected chi connectivity index (χ0v) is 19.1. The molecule has 5 heteroatoms. The minimum absolute atomic E-state index is 0.413. The van der Waals surface area contributed by atoms with Crippen LogP contribution in [-0.2, 0) is 11.0 Å². The lowest BCUT2D eigenvalue weighted by molar-refractivity contribution is 0.301. The smallest absolute Gasteiger partial charge is 0.386 e. The lowest BCUT2D eigenvalue weighted by atomic mass is 10.1. The summed E-state index contributed by atoms with van der Waals surface area (Å²) in [6, 6.07) is 34.2. The van der Waals surface area contributed by atoms with Gasteiger partial charge in [0.1, 0.15) is 17.2 Å². The Morgan fingerprint density at radius 3 is 1.58 bits per heavy atom. The van der Waals surface area contributed by atoms with Crippen LogP contribution in [0.1, 0.15) is 12.5 Å². The van der Waals surface area contributed by atoms with Gasteiger partial charge < -0.3 is 13.6 Å². The molecular formula is C28H23O4P. The average Bonchev–Trinajstić information content (AvgIpc) is 2.85. The van der Waals surface area contributed by atoms with Gasteiger partial charge in [-0.05, 0) is 47.0 Å². The molecule has 0 amide bonds. The fraction of sp³-hybridized carbons (Fsp3) is 0.0714. The van der Waals surface area contributed by atoms with Gasteiger partial charge in [-0.15, -0.1) is 0 Å². The van der Waals surface area contributed by atoms with Gasteiger partial charge in [0.25, 0.3) is 0 Å². The number of benzene rings is 5. The second-order valence-electron chi connectivity index (χ2n) is 7.67. The van der Waals surface area contributed by atoms with E-state index in [2.05, 4.69) is 6.92 Å². The summed E-state index contributed by atoms with van der Waals surface area (Å²) in [5, 5.41) is 3.59. The molecule has 0 heterocycles. The van der Waals surface area contributed by atoms with Crippen molar-refractivity contribution in [3.8, 4) is 17.2 Å². The summed E-state index contributed by atoms with van der Waals surface area (Å²) in [7, 11) is -4.12. The van der Waals surface area contributed by atoms with Crippen LogP contribution in [0.4, 0.5) is 0 Å². The van der Waals surface area contributed by atoms with E-state index in [0.29, 0.717) is 17.2 Å². The van der Waals surface area contributed by atoms with E-state index in [4.69, 9.17) is 13.6 Å². The van der Waals surface area contributed by atoms with Crippen molar-refractivity contribution in [2.45, 2.75) is 13.3 Å². The fourth-order valence-corrected chi connectivity index (χ4v) is 5.05. The van der Waals surface area contributed by atoms with Crippen LogP contribution in [0, 0.1) is 0 Å². The van der Waals surface area contributed by atoms with E-state index in [0.717, 1.165) is 33.5 Å². The Morgan fingerprint density at radius 2 is 1.06 bits per heavy atom. The molecular weight excluding hydrogens is 431 g/mol. The SMILES string of the molecule is CCc1ccc(OP(=O)(Oc2cccc3ccccc23)Oc2cccc3ccccc23)cc1. The highest BCUT2D eigenvalue weighted by Crippen LogP contribution is 2.52. The molecule has 0 aliphatic rings. The van der Waals surface area contributed by atoms with Crippen LogP contribution in [0.5, 0.6) is 17.2 Å². The second-order valence-corrected chi connectivity index (χ2v) is 9.12. The molecule has 164 valence electrons. The van der Waals surface area contributed by atoms with E-state index < -0.39 is 7.82 Å². The third-order valence-corrected chi connectivity index (χ3v) is 6.74. The summed E-state index contributed by atoms with van der Waals surface area (Å²) in [5.41, 5.74) is 1.15. The monoisotopic (exact) mass is 454 g/mol. The fourth-order valence-electron chi connectivity index (χ4n) is 3.76. The van der Waals surface area contributed by atoms with Gasteiger partial charge in [-0.25, -0.2) is 0 Å². The molecule has 0 aliphatic carbocycles. The molecule has 5 aromatic rings. The maximum atomic E-state index is 14.1. The highest BCUT2D eigenvalue weighted by molar-refractivity contribution is 7.49. The summed E-state index contributed by atoms with van der Waals surface area (Å²) < 4.78 is 32.1. The lowest BCUT2D eigenvalue weighted by Crippen LogP contribution is -2.08. The molecule has 0 fully saturated rings. The van der Waals surface area contributed by atoms with Crippen LogP contribution in [0.3, 0.4) is 0 Å². The number of hydrogen-bond donors (Lipinski definition) is 0. The standard InChI is InChI=1S/C28H23O4P/c1-2-21-17-19-24(20-18-21)30-33(29,31-27-15-7-11-22-9-3-5-13-25(22)27)32-28-16-8-12-23-10-4-6-14-26(23)28/h3-20H,2H2,1H3. The maximum Gasteiger partial charge on any atom is 0.647 e. The molecule has 0 bridgehead atoms. The minimum atomic E-state index is -4.12. The summed E-state index contributed by atoms with van der Waals surface area (Å²) in [6.45, 7) is 2.08. The first kappa shape index (κ1) is 21.1. The molecule has 0 saturated heterocycles. The number of fused-ring (bicyclic) bond motifs is 2. The van der Waals surface area contributed by atoms with Crippen molar-refractivity contribution in [3.05, 3.63) is 115 Å². The van der Waals surface area contributed by atoms with Gasteiger partial charge in [0.15, 0.2) is 0 Å². The zero-order valence-electron chi connectivity index (χ0n) is 18.2. The third-order valence-electron chi connectivity index (χ3n) is 5.47.